The third-order valence-corrected chi connectivity index (χ3v) is 4.66. The second-order valence-corrected chi connectivity index (χ2v) is 6.87. The zero-order valence-electron chi connectivity index (χ0n) is 16.0. The molecule has 0 radical (unpaired) electrons. The first-order valence-corrected chi connectivity index (χ1v) is 9.90. The van der Waals surface area contributed by atoms with E-state index in [4.69, 9.17) is 0 Å². The lowest BCUT2D eigenvalue weighted by atomic mass is 9.97. The lowest BCUT2D eigenvalue weighted by Gasteiger charge is -2.13. The fourth-order valence-electron chi connectivity index (χ4n) is 3.18. The van der Waals surface area contributed by atoms with Crippen molar-refractivity contribution in [1.29, 1.82) is 0 Å². The highest BCUT2D eigenvalue weighted by molar-refractivity contribution is 5.93. The van der Waals surface area contributed by atoms with Crippen LogP contribution in [-0.4, -0.2) is 29.0 Å². The van der Waals surface area contributed by atoms with Crippen LogP contribution < -0.4 is 10.6 Å². The van der Waals surface area contributed by atoms with Gasteiger partial charge in [-0.05, 0) is 38.5 Å². The van der Waals surface area contributed by atoms with Crippen molar-refractivity contribution >= 4 is 11.7 Å². The normalized spacial score (nSPS) is 13.7. The Hall–Kier alpha value is -2.69. The number of rotatable bonds is 8. The number of aromatic nitrogens is 2. The van der Waals surface area contributed by atoms with E-state index in [1.165, 1.54) is 24.8 Å². The third-order valence-electron chi connectivity index (χ3n) is 4.66. The molecule has 0 saturated carbocycles. The van der Waals surface area contributed by atoms with Gasteiger partial charge in [0.05, 0.1) is 0 Å². The number of amides is 1. The van der Waals surface area contributed by atoms with Crippen LogP contribution in [0.25, 0.3) is 11.4 Å². The highest BCUT2D eigenvalue weighted by atomic mass is 16.1. The number of nitrogens with one attached hydrogen (secondary N) is 2. The number of carbonyl (C=O) groups excluding carboxylic acids is 1. The summed E-state index contributed by atoms with van der Waals surface area (Å²) in [6.45, 7) is 3.55. The van der Waals surface area contributed by atoms with Crippen molar-refractivity contribution in [3.8, 4) is 11.4 Å². The molecule has 0 saturated heterocycles. The molecule has 5 nitrogen and oxygen atoms in total. The molecule has 0 unspecified atom stereocenters. The van der Waals surface area contributed by atoms with E-state index in [9.17, 15) is 4.79 Å². The van der Waals surface area contributed by atoms with Crippen LogP contribution in [0.15, 0.2) is 48.0 Å². The molecule has 1 heterocycles. The molecule has 2 aromatic rings. The molecular weight excluding hydrogens is 336 g/mol. The highest BCUT2D eigenvalue weighted by Gasteiger charge is 2.13. The topological polar surface area (TPSA) is 66.9 Å². The summed E-state index contributed by atoms with van der Waals surface area (Å²) < 4.78 is 0. The van der Waals surface area contributed by atoms with E-state index in [0.717, 1.165) is 31.4 Å². The van der Waals surface area contributed by atoms with Gasteiger partial charge >= 0.3 is 0 Å². The van der Waals surface area contributed by atoms with Gasteiger partial charge in [-0.3, -0.25) is 4.79 Å². The molecule has 1 aromatic carbocycles. The summed E-state index contributed by atoms with van der Waals surface area (Å²) in [6.07, 6.45) is 9.10. The van der Waals surface area contributed by atoms with Gasteiger partial charge in [0.15, 0.2) is 5.82 Å². The van der Waals surface area contributed by atoms with Gasteiger partial charge < -0.3 is 10.6 Å². The number of hydrogen-bond donors (Lipinski definition) is 2. The Morgan fingerprint density at radius 1 is 1.11 bits per heavy atom. The quantitative estimate of drug-likeness (QED) is 0.673. The molecule has 27 heavy (non-hydrogen) atoms. The van der Waals surface area contributed by atoms with Gasteiger partial charge in [-0.2, -0.15) is 0 Å². The summed E-state index contributed by atoms with van der Waals surface area (Å²) >= 11 is 0. The Bertz CT molecular complexity index is 786. The molecule has 0 aliphatic heterocycles. The summed E-state index contributed by atoms with van der Waals surface area (Å²) in [4.78, 5) is 21.7. The van der Waals surface area contributed by atoms with Crippen LogP contribution in [0.4, 0.5) is 5.82 Å². The Balaban J connectivity index is 1.72. The molecule has 1 amide bonds. The van der Waals surface area contributed by atoms with Gasteiger partial charge in [0.1, 0.15) is 11.5 Å². The van der Waals surface area contributed by atoms with Crippen molar-refractivity contribution in [2.75, 3.05) is 18.4 Å². The number of nitrogens with zero attached hydrogens (tertiary/aromatic N) is 2. The average molecular weight is 364 g/mol. The second kappa shape index (κ2) is 9.86. The molecule has 0 fully saturated rings. The number of anilines is 1. The lowest BCUT2D eigenvalue weighted by molar-refractivity contribution is 0.0949. The zero-order valence-corrected chi connectivity index (χ0v) is 16.0. The molecule has 3 rings (SSSR count). The molecular formula is C22H28N4O. The van der Waals surface area contributed by atoms with Crippen molar-refractivity contribution in [2.24, 2.45) is 0 Å². The summed E-state index contributed by atoms with van der Waals surface area (Å²) in [5.74, 6) is 1.10. The Kier molecular flexibility index (Phi) is 6.97. The number of hydrogen-bond acceptors (Lipinski definition) is 4. The minimum absolute atomic E-state index is 0.148. The van der Waals surface area contributed by atoms with Crippen LogP contribution >= 0.6 is 0 Å². The fraction of sp³-hybridized carbons (Fsp3) is 0.409. The van der Waals surface area contributed by atoms with Gasteiger partial charge in [0, 0.05) is 24.7 Å². The van der Waals surface area contributed by atoms with E-state index in [2.05, 4.69) is 33.6 Å². The SMILES string of the molecule is CCCNc1cc(C(=O)NCCC2=CCCCC2)nc(-c2ccccc2)n1. The minimum Gasteiger partial charge on any atom is -0.370 e. The predicted molar refractivity (Wildman–Crippen MR) is 110 cm³/mol. The van der Waals surface area contributed by atoms with Crippen LogP contribution in [0.2, 0.25) is 0 Å². The first-order valence-electron chi connectivity index (χ1n) is 9.90. The van der Waals surface area contributed by atoms with Crippen LogP contribution in [0.5, 0.6) is 0 Å². The largest absolute Gasteiger partial charge is 0.370 e. The molecule has 0 atom stereocenters. The summed E-state index contributed by atoms with van der Waals surface area (Å²) in [5, 5.41) is 6.28. The Morgan fingerprint density at radius 2 is 1.96 bits per heavy atom. The van der Waals surface area contributed by atoms with Gasteiger partial charge in [-0.15, -0.1) is 0 Å². The Labute approximate surface area is 161 Å². The van der Waals surface area contributed by atoms with E-state index in [0.29, 0.717) is 23.9 Å². The van der Waals surface area contributed by atoms with Crippen LogP contribution in [-0.2, 0) is 0 Å². The first-order chi connectivity index (χ1) is 13.3. The Morgan fingerprint density at radius 3 is 2.70 bits per heavy atom. The van der Waals surface area contributed by atoms with Crippen molar-refractivity contribution < 1.29 is 4.79 Å². The summed E-state index contributed by atoms with van der Waals surface area (Å²) in [6, 6.07) is 11.5. The van der Waals surface area contributed by atoms with Crippen LogP contribution in [0, 0.1) is 0 Å². The molecule has 142 valence electrons. The maximum absolute atomic E-state index is 12.6. The van der Waals surface area contributed by atoms with E-state index in [1.54, 1.807) is 6.07 Å². The second-order valence-electron chi connectivity index (χ2n) is 6.87. The van der Waals surface area contributed by atoms with Gasteiger partial charge in [-0.1, -0.05) is 48.9 Å². The van der Waals surface area contributed by atoms with Crippen LogP contribution in [0.1, 0.15) is 55.9 Å². The predicted octanol–water partition coefficient (Wildman–Crippen LogP) is 4.59. The molecule has 2 N–H and O–H groups in total. The highest BCUT2D eigenvalue weighted by Crippen LogP contribution is 2.20. The number of benzene rings is 1. The summed E-state index contributed by atoms with van der Waals surface area (Å²) in [7, 11) is 0. The van der Waals surface area contributed by atoms with Crippen molar-refractivity contribution in [3.63, 3.8) is 0 Å². The van der Waals surface area contributed by atoms with E-state index in [-0.39, 0.29) is 5.91 Å². The first kappa shape index (κ1) is 19.1. The number of allylic oxidation sites excluding steroid dienone is 1. The minimum atomic E-state index is -0.148. The monoisotopic (exact) mass is 364 g/mol. The summed E-state index contributed by atoms with van der Waals surface area (Å²) in [5.41, 5.74) is 2.76. The van der Waals surface area contributed by atoms with E-state index < -0.39 is 0 Å². The molecule has 1 aliphatic carbocycles. The standard InChI is InChI=1S/C22H28N4O/c1-2-14-23-20-16-19(25-21(26-20)18-11-7-4-8-12-18)22(27)24-15-13-17-9-5-3-6-10-17/h4,7-9,11-12,16H,2-3,5-6,10,13-15H2,1H3,(H,24,27)(H,23,25,26). The van der Waals surface area contributed by atoms with Gasteiger partial charge in [0.2, 0.25) is 0 Å². The van der Waals surface area contributed by atoms with Crippen molar-refractivity contribution in [2.45, 2.75) is 45.4 Å². The average Bonchev–Trinajstić information content (AvgIpc) is 2.73. The fourth-order valence-corrected chi connectivity index (χ4v) is 3.18. The molecule has 1 aliphatic rings. The molecule has 1 aromatic heterocycles. The molecule has 0 spiro atoms. The number of carbonyl (C=O) groups is 1. The van der Waals surface area contributed by atoms with Crippen LogP contribution in [0.3, 0.4) is 0 Å². The smallest absolute Gasteiger partial charge is 0.270 e. The van der Waals surface area contributed by atoms with Gasteiger partial charge in [-0.25, -0.2) is 9.97 Å². The lowest BCUT2D eigenvalue weighted by Crippen LogP contribution is -2.26. The van der Waals surface area contributed by atoms with E-state index in [1.807, 2.05) is 30.3 Å². The van der Waals surface area contributed by atoms with Crippen molar-refractivity contribution in [3.05, 3.63) is 53.7 Å². The molecule has 5 heteroatoms. The van der Waals surface area contributed by atoms with Crippen molar-refractivity contribution in [1.82, 2.24) is 15.3 Å². The maximum atomic E-state index is 12.6. The molecule has 0 bridgehead atoms. The van der Waals surface area contributed by atoms with Gasteiger partial charge in [0.25, 0.3) is 5.91 Å². The third kappa shape index (κ3) is 5.64. The van der Waals surface area contributed by atoms with E-state index >= 15 is 0 Å². The zero-order chi connectivity index (χ0) is 18.9. The maximum Gasteiger partial charge on any atom is 0.270 e.